The first-order valence-electron chi connectivity index (χ1n) is 9.44. The molecular weight excluding hydrogens is 483 g/mol. The zero-order valence-corrected chi connectivity index (χ0v) is 20.1. The van der Waals surface area contributed by atoms with Gasteiger partial charge in [0.15, 0.2) is 0 Å². The van der Waals surface area contributed by atoms with Crippen molar-refractivity contribution in [3.8, 4) is 5.75 Å². The summed E-state index contributed by atoms with van der Waals surface area (Å²) in [5, 5.41) is 10.8. The largest absolute Gasteiger partial charge is 0.435 e. The molecule has 0 atom stereocenters. The second-order valence-electron chi connectivity index (χ2n) is 6.47. The first kappa shape index (κ1) is 26.2. The quantitative estimate of drug-likeness (QED) is 0.204. The third-order valence-electron chi connectivity index (χ3n) is 4.26. The summed E-state index contributed by atoms with van der Waals surface area (Å²) in [6.07, 6.45) is 0. The second kappa shape index (κ2) is 12.8. The highest BCUT2D eigenvalue weighted by Crippen LogP contribution is 2.37. The van der Waals surface area contributed by atoms with Crippen LogP contribution < -0.4 is 30.3 Å². The average Bonchev–Trinajstić information content (AvgIpc) is 2.76. The van der Waals surface area contributed by atoms with Crippen molar-refractivity contribution in [2.24, 2.45) is 0 Å². The summed E-state index contributed by atoms with van der Waals surface area (Å²) < 4.78 is 47.4. The molecule has 0 aliphatic rings. The summed E-state index contributed by atoms with van der Waals surface area (Å²) >= 11 is 11.5. The summed E-state index contributed by atoms with van der Waals surface area (Å²) in [6, 6.07) is 7.24. The van der Waals surface area contributed by atoms with Gasteiger partial charge in [0, 0.05) is 44.7 Å². The van der Waals surface area contributed by atoms with E-state index in [0.29, 0.717) is 36.0 Å². The maximum absolute atomic E-state index is 14.7. The van der Waals surface area contributed by atoms with Gasteiger partial charge in [0.25, 0.3) is 0 Å². The molecule has 2 aromatic carbocycles. The predicted molar refractivity (Wildman–Crippen MR) is 130 cm³/mol. The van der Waals surface area contributed by atoms with Crippen LogP contribution in [-0.2, 0) is 0 Å². The molecule has 0 aliphatic carbocycles. The minimum atomic E-state index is -2.94. The number of alkyl halides is 2. The van der Waals surface area contributed by atoms with E-state index < -0.39 is 12.4 Å². The van der Waals surface area contributed by atoms with Crippen molar-refractivity contribution in [2.75, 3.05) is 44.4 Å². The van der Waals surface area contributed by atoms with Crippen LogP contribution in [-0.4, -0.2) is 40.8 Å². The molecule has 0 heterocycles. The fourth-order valence-corrected chi connectivity index (χ4v) is 3.88. The van der Waals surface area contributed by atoms with Crippen LogP contribution in [0.15, 0.2) is 46.5 Å². The highest BCUT2D eigenvalue weighted by molar-refractivity contribution is 7.97. The summed E-state index contributed by atoms with van der Waals surface area (Å²) in [6.45, 7) is -1.68. The van der Waals surface area contributed by atoms with Gasteiger partial charge in [-0.25, -0.2) is 4.39 Å². The smallest absolute Gasteiger partial charge is 0.387 e. The number of nitrogens with one attached hydrogen (secondary N) is 4. The van der Waals surface area contributed by atoms with E-state index in [1.54, 1.807) is 13.1 Å². The molecule has 32 heavy (non-hydrogen) atoms. The van der Waals surface area contributed by atoms with E-state index in [2.05, 4.69) is 38.0 Å². The highest BCUT2D eigenvalue weighted by atomic mass is 35.5. The summed E-state index contributed by atoms with van der Waals surface area (Å²) in [7, 11) is 5.33. The van der Waals surface area contributed by atoms with Gasteiger partial charge in [-0.15, -0.1) is 12.6 Å². The van der Waals surface area contributed by atoms with E-state index in [1.165, 1.54) is 29.7 Å². The number of rotatable bonds is 12. The highest BCUT2D eigenvalue weighted by Gasteiger charge is 2.15. The van der Waals surface area contributed by atoms with Crippen molar-refractivity contribution < 1.29 is 17.9 Å². The molecular formula is C20H25ClF3N5OS2. The van der Waals surface area contributed by atoms with Gasteiger partial charge in [-0.1, -0.05) is 11.6 Å². The van der Waals surface area contributed by atoms with Crippen LogP contribution in [0.2, 0.25) is 5.02 Å². The van der Waals surface area contributed by atoms with Crippen LogP contribution in [0.4, 0.5) is 30.2 Å². The van der Waals surface area contributed by atoms with Gasteiger partial charge in [0.2, 0.25) is 0 Å². The number of hydrogen-bond acceptors (Lipinski definition) is 8. The van der Waals surface area contributed by atoms with Gasteiger partial charge in [0.05, 0.1) is 27.0 Å². The van der Waals surface area contributed by atoms with Gasteiger partial charge < -0.3 is 30.3 Å². The van der Waals surface area contributed by atoms with E-state index >= 15 is 0 Å². The topological polar surface area (TPSA) is 60.6 Å². The fraction of sp³-hybridized carbons (Fsp3) is 0.300. The molecule has 2 rings (SSSR count). The third-order valence-corrected chi connectivity index (χ3v) is 5.69. The number of hydrogen-bond donors (Lipinski definition) is 5. The van der Waals surface area contributed by atoms with Crippen molar-refractivity contribution in [3.05, 3.63) is 52.4 Å². The van der Waals surface area contributed by atoms with Crippen molar-refractivity contribution >= 4 is 53.2 Å². The molecule has 0 bridgehead atoms. The van der Waals surface area contributed by atoms with Crippen LogP contribution >= 0.6 is 36.2 Å². The van der Waals surface area contributed by atoms with E-state index in [-0.39, 0.29) is 15.7 Å². The molecule has 0 unspecified atom stereocenters. The van der Waals surface area contributed by atoms with Gasteiger partial charge in [0.1, 0.15) is 17.4 Å². The van der Waals surface area contributed by atoms with E-state index in [1.807, 2.05) is 19.0 Å². The van der Waals surface area contributed by atoms with Gasteiger partial charge in [-0.05, 0) is 37.2 Å². The SMILES string of the molecule is CNCCN(C)c1cc(OC(F)F)ccc1Nc1cc(F)c(SN/C(=C/S)NC)cc1Cl. The lowest BCUT2D eigenvalue weighted by molar-refractivity contribution is -0.0498. The minimum absolute atomic E-state index is 0.0181. The number of benzene rings is 2. The molecule has 0 saturated carbocycles. The Morgan fingerprint density at radius 3 is 2.62 bits per heavy atom. The molecule has 6 nitrogen and oxygen atoms in total. The van der Waals surface area contributed by atoms with E-state index in [4.69, 9.17) is 11.6 Å². The Kier molecular flexibility index (Phi) is 10.5. The summed E-state index contributed by atoms with van der Waals surface area (Å²) in [5.74, 6) is 0.118. The Labute approximate surface area is 200 Å². The zero-order valence-electron chi connectivity index (χ0n) is 17.7. The number of ether oxygens (including phenoxy) is 1. The summed E-state index contributed by atoms with van der Waals surface area (Å²) in [4.78, 5) is 2.15. The monoisotopic (exact) mass is 507 g/mol. The van der Waals surface area contributed by atoms with Crippen molar-refractivity contribution in [2.45, 2.75) is 11.5 Å². The molecule has 0 saturated heterocycles. The molecule has 12 heteroatoms. The first-order chi connectivity index (χ1) is 15.3. The molecule has 0 spiro atoms. The standard InChI is InChI=1S/C20H25ClF3N5OS2/c1-25-6-7-29(3)17-8-12(30-20(23)24)4-5-15(17)27-16-10-14(22)18(9-13(16)21)32-28-19(11-31)26-2/h4-5,8-11,20,25-28,31H,6-7H2,1-3H3/b19-11+. The Bertz CT molecular complexity index is 936. The molecule has 0 fully saturated rings. The lowest BCUT2D eigenvalue weighted by Gasteiger charge is -2.24. The Morgan fingerprint density at radius 1 is 1.25 bits per heavy atom. The Morgan fingerprint density at radius 2 is 2.00 bits per heavy atom. The lowest BCUT2D eigenvalue weighted by atomic mass is 10.2. The van der Waals surface area contributed by atoms with E-state index in [0.717, 1.165) is 11.9 Å². The molecule has 0 radical (unpaired) electrons. The van der Waals surface area contributed by atoms with Crippen molar-refractivity contribution in [3.63, 3.8) is 0 Å². The second-order valence-corrected chi connectivity index (χ2v) is 7.98. The van der Waals surface area contributed by atoms with Crippen LogP contribution in [0.1, 0.15) is 0 Å². The lowest BCUT2D eigenvalue weighted by Crippen LogP contribution is -2.27. The van der Waals surface area contributed by atoms with Gasteiger partial charge >= 0.3 is 6.61 Å². The molecule has 0 aromatic heterocycles. The van der Waals surface area contributed by atoms with Gasteiger partial charge in [-0.2, -0.15) is 8.78 Å². The Hall–Kier alpha value is -2.08. The molecule has 176 valence electrons. The molecule has 4 N–H and O–H groups in total. The van der Waals surface area contributed by atoms with Crippen LogP contribution in [0.25, 0.3) is 0 Å². The zero-order chi connectivity index (χ0) is 23.7. The van der Waals surface area contributed by atoms with Crippen LogP contribution in [0.5, 0.6) is 5.75 Å². The number of likely N-dealkylation sites (N-methyl/N-ethyl adjacent to an activating group) is 2. The normalized spacial score (nSPS) is 11.5. The number of thiol groups is 1. The molecule has 0 aliphatic heterocycles. The van der Waals surface area contributed by atoms with Crippen molar-refractivity contribution in [1.29, 1.82) is 0 Å². The molecule has 0 amide bonds. The minimum Gasteiger partial charge on any atom is -0.435 e. The average molecular weight is 508 g/mol. The van der Waals surface area contributed by atoms with Crippen LogP contribution in [0.3, 0.4) is 0 Å². The molecule has 2 aromatic rings. The fourth-order valence-electron chi connectivity index (χ4n) is 2.61. The van der Waals surface area contributed by atoms with Gasteiger partial charge in [-0.3, -0.25) is 0 Å². The van der Waals surface area contributed by atoms with Crippen LogP contribution in [0, 0.1) is 5.82 Å². The number of nitrogens with zero attached hydrogens (tertiary/aromatic N) is 1. The van der Waals surface area contributed by atoms with Crippen molar-refractivity contribution in [1.82, 2.24) is 15.4 Å². The number of halogens is 4. The Balaban J connectivity index is 2.31. The first-order valence-corrected chi connectivity index (χ1v) is 11.2. The maximum Gasteiger partial charge on any atom is 0.387 e. The maximum atomic E-state index is 14.7. The van der Waals surface area contributed by atoms with E-state index in [9.17, 15) is 13.2 Å². The number of anilines is 3. The summed E-state index contributed by atoms with van der Waals surface area (Å²) in [5.41, 5.74) is 1.48. The third kappa shape index (κ3) is 7.51. The predicted octanol–water partition coefficient (Wildman–Crippen LogP) is 5.02.